The van der Waals surface area contributed by atoms with Gasteiger partial charge in [0.1, 0.15) is 5.75 Å². The van der Waals surface area contributed by atoms with Gasteiger partial charge in [0.2, 0.25) is 0 Å². The lowest BCUT2D eigenvalue weighted by molar-refractivity contribution is -0.385. The number of nitrogens with zero attached hydrogens (tertiary/aromatic N) is 1. The molecule has 2 aromatic rings. The molecule has 1 N–H and O–H groups in total. The summed E-state index contributed by atoms with van der Waals surface area (Å²) in [6.45, 7) is 1.47. The number of carbonyl (C=O) groups is 2. The predicted octanol–water partition coefficient (Wildman–Crippen LogP) is 2.43. The molecule has 142 valence electrons. The van der Waals surface area contributed by atoms with Crippen LogP contribution < -0.4 is 10.1 Å². The van der Waals surface area contributed by atoms with Gasteiger partial charge >= 0.3 is 5.97 Å². The maximum Gasteiger partial charge on any atom is 0.338 e. The quantitative estimate of drug-likeness (QED) is 0.433. The van der Waals surface area contributed by atoms with Crippen molar-refractivity contribution < 1.29 is 24.0 Å². The number of methoxy groups -OCH3 is 1. The Bertz CT molecular complexity index is 850. The van der Waals surface area contributed by atoms with Gasteiger partial charge in [0.05, 0.1) is 17.6 Å². The highest BCUT2D eigenvalue weighted by Crippen LogP contribution is 2.19. The van der Waals surface area contributed by atoms with Gasteiger partial charge in [-0.1, -0.05) is 18.2 Å². The molecule has 8 nitrogen and oxygen atoms in total. The van der Waals surface area contributed by atoms with Crippen LogP contribution in [0.5, 0.6) is 5.75 Å². The molecule has 0 fully saturated rings. The lowest BCUT2D eigenvalue weighted by Gasteiger charge is -2.09. The van der Waals surface area contributed by atoms with Crippen molar-refractivity contribution in [3.8, 4) is 5.75 Å². The highest BCUT2D eigenvalue weighted by atomic mass is 16.6. The van der Waals surface area contributed by atoms with Gasteiger partial charge in [0.25, 0.3) is 11.6 Å². The fourth-order valence-corrected chi connectivity index (χ4v) is 2.50. The first-order chi connectivity index (χ1) is 12.9. The molecule has 0 bridgehead atoms. The SMILES string of the molecule is COc1ccccc1CCNC(=O)COC(=O)c1ccc([N+](=O)[O-])c(C)c1. The molecule has 0 aliphatic heterocycles. The number of carbonyl (C=O) groups excluding carboxylic acids is 2. The summed E-state index contributed by atoms with van der Waals surface area (Å²) in [7, 11) is 1.58. The summed E-state index contributed by atoms with van der Waals surface area (Å²) in [4.78, 5) is 34.1. The molecule has 0 aromatic heterocycles. The van der Waals surface area contributed by atoms with Crippen LogP contribution in [0.1, 0.15) is 21.5 Å². The summed E-state index contributed by atoms with van der Waals surface area (Å²) in [6, 6.07) is 11.4. The van der Waals surface area contributed by atoms with Gasteiger partial charge in [-0.2, -0.15) is 0 Å². The molecule has 0 unspecified atom stereocenters. The lowest BCUT2D eigenvalue weighted by Crippen LogP contribution is -2.30. The summed E-state index contributed by atoms with van der Waals surface area (Å²) in [5, 5.41) is 13.5. The van der Waals surface area contributed by atoms with Crippen LogP contribution in [0, 0.1) is 17.0 Å². The number of nitrogens with one attached hydrogen (secondary N) is 1. The third kappa shape index (κ3) is 5.53. The number of hydrogen-bond acceptors (Lipinski definition) is 6. The number of hydrogen-bond donors (Lipinski definition) is 1. The first kappa shape index (κ1) is 19.9. The molecule has 8 heteroatoms. The van der Waals surface area contributed by atoms with E-state index >= 15 is 0 Å². The van der Waals surface area contributed by atoms with Crippen molar-refractivity contribution in [1.82, 2.24) is 5.32 Å². The molecule has 0 atom stereocenters. The first-order valence-electron chi connectivity index (χ1n) is 8.23. The van der Waals surface area contributed by atoms with E-state index in [9.17, 15) is 19.7 Å². The number of rotatable bonds is 8. The molecule has 0 heterocycles. The molecule has 2 rings (SSSR count). The smallest absolute Gasteiger partial charge is 0.338 e. The zero-order chi connectivity index (χ0) is 19.8. The third-order valence-electron chi connectivity index (χ3n) is 3.87. The van der Waals surface area contributed by atoms with Crippen molar-refractivity contribution in [2.45, 2.75) is 13.3 Å². The second kappa shape index (κ2) is 9.33. The lowest BCUT2D eigenvalue weighted by atomic mass is 10.1. The van der Waals surface area contributed by atoms with E-state index in [1.807, 2.05) is 24.3 Å². The summed E-state index contributed by atoms with van der Waals surface area (Å²) >= 11 is 0. The molecule has 0 radical (unpaired) electrons. The Morgan fingerprint density at radius 1 is 1.19 bits per heavy atom. The molecule has 27 heavy (non-hydrogen) atoms. The summed E-state index contributed by atoms with van der Waals surface area (Å²) in [6.07, 6.45) is 0.575. The number of aryl methyl sites for hydroxylation is 1. The Morgan fingerprint density at radius 3 is 2.59 bits per heavy atom. The minimum Gasteiger partial charge on any atom is -0.496 e. The second-order valence-electron chi connectivity index (χ2n) is 5.75. The Morgan fingerprint density at radius 2 is 1.93 bits per heavy atom. The number of benzene rings is 2. The first-order valence-corrected chi connectivity index (χ1v) is 8.23. The minimum absolute atomic E-state index is 0.0827. The van der Waals surface area contributed by atoms with Crippen LogP contribution in [-0.4, -0.2) is 37.1 Å². The van der Waals surface area contributed by atoms with E-state index in [2.05, 4.69) is 5.32 Å². The van der Waals surface area contributed by atoms with Crippen LogP contribution in [0.25, 0.3) is 0 Å². The van der Waals surface area contributed by atoms with Gasteiger partial charge in [-0.3, -0.25) is 14.9 Å². The fourth-order valence-electron chi connectivity index (χ4n) is 2.50. The van der Waals surface area contributed by atoms with E-state index < -0.39 is 23.4 Å². The van der Waals surface area contributed by atoms with E-state index in [4.69, 9.17) is 9.47 Å². The Balaban J connectivity index is 1.80. The van der Waals surface area contributed by atoms with Gasteiger partial charge in [-0.15, -0.1) is 0 Å². The van der Waals surface area contributed by atoms with E-state index in [0.29, 0.717) is 18.5 Å². The van der Waals surface area contributed by atoms with Crippen molar-refractivity contribution >= 4 is 17.6 Å². The molecule has 1 amide bonds. The maximum absolute atomic E-state index is 12.0. The van der Waals surface area contributed by atoms with Crippen LogP contribution in [0.2, 0.25) is 0 Å². The van der Waals surface area contributed by atoms with Crippen LogP contribution >= 0.6 is 0 Å². The van der Waals surface area contributed by atoms with Gasteiger partial charge in [0, 0.05) is 18.2 Å². The monoisotopic (exact) mass is 372 g/mol. The Kier molecular flexibility index (Phi) is 6.87. The average molecular weight is 372 g/mol. The Hall–Kier alpha value is -3.42. The average Bonchev–Trinajstić information content (AvgIpc) is 2.66. The van der Waals surface area contributed by atoms with Crippen molar-refractivity contribution in [2.24, 2.45) is 0 Å². The number of nitro groups is 1. The van der Waals surface area contributed by atoms with Gasteiger partial charge in [-0.25, -0.2) is 4.79 Å². The largest absolute Gasteiger partial charge is 0.496 e. The number of ether oxygens (including phenoxy) is 2. The van der Waals surface area contributed by atoms with E-state index in [1.165, 1.54) is 25.1 Å². The van der Waals surface area contributed by atoms with Gasteiger partial charge < -0.3 is 14.8 Å². The van der Waals surface area contributed by atoms with Crippen LogP contribution in [0.4, 0.5) is 5.69 Å². The van der Waals surface area contributed by atoms with Crippen molar-refractivity contribution in [3.63, 3.8) is 0 Å². The van der Waals surface area contributed by atoms with E-state index in [-0.39, 0.29) is 11.3 Å². The normalized spacial score (nSPS) is 10.1. The van der Waals surface area contributed by atoms with Gasteiger partial charge in [-0.05, 0) is 37.1 Å². The number of nitro benzene ring substituents is 1. The second-order valence-corrected chi connectivity index (χ2v) is 5.75. The number of esters is 1. The molecule has 0 spiro atoms. The third-order valence-corrected chi connectivity index (χ3v) is 3.87. The standard InChI is InChI=1S/C19H20N2O6/c1-13-11-15(7-8-16(13)21(24)25)19(23)27-12-18(22)20-10-9-14-5-3-4-6-17(14)26-2/h3-8,11H,9-10,12H2,1-2H3,(H,20,22). The summed E-state index contributed by atoms with van der Waals surface area (Å²) in [5.74, 6) is -0.406. The highest BCUT2D eigenvalue weighted by Gasteiger charge is 2.15. The molecular formula is C19H20N2O6. The molecule has 0 aliphatic carbocycles. The molecule has 0 saturated carbocycles. The van der Waals surface area contributed by atoms with Crippen molar-refractivity contribution in [2.75, 3.05) is 20.3 Å². The molecular weight excluding hydrogens is 352 g/mol. The van der Waals surface area contributed by atoms with Crippen molar-refractivity contribution in [1.29, 1.82) is 0 Å². The number of para-hydroxylation sites is 1. The number of amides is 1. The van der Waals surface area contributed by atoms with Crippen LogP contribution in [0.15, 0.2) is 42.5 Å². The maximum atomic E-state index is 12.0. The Labute approximate surface area is 156 Å². The van der Waals surface area contributed by atoms with Gasteiger partial charge in [0.15, 0.2) is 6.61 Å². The predicted molar refractivity (Wildman–Crippen MR) is 97.8 cm³/mol. The molecule has 2 aromatic carbocycles. The van der Waals surface area contributed by atoms with E-state index in [1.54, 1.807) is 7.11 Å². The van der Waals surface area contributed by atoms with E-state index in [0.717, 1.165) is 11.3 Å². The zero-order valence-corrected chi connectivity index (χ0v) is 15.1. The topological polar surface area (TPSA) is 108 Å². The fraction of sp³-hybridized carbons (Fsp3) is 0.263. The summed E-state index contributed by atoms with van der Waals surface area (Å²) in [5.41, 5.74) is 1.37. The zero-order valence-electron chi connectivity index (χ0n) is 15.1. The van der Waals surface area contributed by atoms with Crippen molar-refractivity contribution in [3.05, 3.63) is 69.3 Å². The van der Waals surface area contributed by atoms with Crippen LogP contribution in [0.3, 0.4) is 0 Å². The van der Waals surface area contributed by atoms with Crippen LogP contribution in [-0.2, 0) is 16.0 Å². The molecule has 0 aliphatic rings. The summed E-state index contributed by atoms with van der Waals surface area (Å²) < 4.78 is 10.2. The minimum atomic E-state index is -0.715. The molecule has 0 saturated heterocycles. The highest BCUT2D eigenvalue weighted by molar-refractivity contribution is 5.91.